The average molecular weight is 351 g/mol. The maximum absolute atomic E-state index is 12.1. The van der Waals surface area contributed by atoms with Gasteiger partial charge in [0, 0.05) is 18.6 Å². The van der Waals surface area contributed by atoms with Gasteiger partial charge in [0.15, 0.2) is 0 Å². The molecule has 1 aromatic heterocycles. The minimum Gasteiger partial charge on any atom is -0.485 e. The van der Waals surface area contributed by atoms with Gasteiger partial charge in [0.2, 0.25) is 10.0 Å². The van der Waals surface area contributed by atoms with E-state index in [1.165, 1.54) is 9.87 Å². The average Bonchev–Trinajstić information content (AvgIpc) is 2.82. The Balaban J connectivity index is 1.80. The van der Waals surface area contributed by atoms with Gasteiger partial charge >= 0.3 is 0 Å². The van der Waals surface area contributed by atoms with E-state index in [0.29, 0.717) is 19.0 Å². The molecule has 24 heavy (non-hydrogen) atoms. The lowest BCUT2D eigenvalue weighted by Gasteiger charge is -2.38. The highest BCUT2D eigenvalue weighted by atomic mass is 32.2. The molecule has 2 aromatic rings. The van der Waals surface area contributed by atoms with Crippen molar-refractivity contribution >= 4 is 20.9 Å². The third-order valence-electron chi connectivity index (χ3n) is 4.47. The van der Waals surface area contributed by atoms with Crippen molar-refractivity contribution in [2.24, 2.45) is 7.05 Å². The number of ether oxygens (including phenoxy) is 1. The van der Waals surface area contributed by atoms with Gasteiger partial charge in [-0.1, -0.05) is 19.9 Å². The van der Waals surface area contributed by atoms with Gasteiger partial charge < -0.3 is 4.74 Å². The monoisotopic (exact) mass is 351 g/mol. The summed E-state index contributed by atoms with van der Waals surface area (Å²) in [4.78, 5) is 0. The highest BCUT2D eigenvalue weighted by Gasteiger charge is 2.39. The zero-order valence-corrected chi connectivity index (χ0v) is 15.7. The van der Waals surface area contributed by atoms with Crippen LogP contribution in [0.15, 0.2) is 18.3 Å². The molecule has 0 N–H and O–H groups in total. The van der Waals surface area contributed by atoms with E-state index in [4.69, 9.17) is 4.74 Å². The van der Waals surface area contributed by atoms with Crippen molar-refractivity contribution < 1.29 is 13.2 Å². The van der Waals surface area contributed by atoms with E-state index in [2.05, 4.69) is 25.0 Å². The summed E-state index contributed by atoms with van der Waals surface area (Å²) in [6.45, 7) is 8.52. The molecule has 1 saturated heterocycles. The minimum atomic E-state index is -3.19. The van der Waals surface area contributed by atoms with E-state index in [-0.39, 0.29) is 6.10 Å². The summed E-state index contributed by atoms with van der Waals surface area (Å²) < 4.78 is 33.5. The van der Waals surface area contributed by atoms with Crippen LogP contribution in [0.4, 0.5) is 0 Å². The van der Waals surface area contributed by atoms with Crippen molar-refractivity contribution in [3.8, 4) is 5.75 Å². The molecule has 0 spiro atoms. The molecular weight excluding hydrogens is 326 g/mol. The molecule has 132 valence electrons. The second kappa shape index (κ2) is 6.04. The van der Waals surface area contributed by atoms with E-state index >= 15 is 0 Å². The van der Waals surface area contributed by atoms with E-state index < -0.39 is 15.3 Å². The normalized spacial score (nSPS) is 17.0. The van der Waals surface area contributed by atoms with E-state index in [1.807, 2.05) is 19.3 Å². The van der Waals surface area contributed by atoms with Crippen LogP contribution in [0.1, 0.15) is 39.2 Å². The predicted octanol–water partition coefficient (Wildman–Crippen LogP) is 2.50. The Hall–Kier alpha value is -1.60. The number of hydrogen-bond acceptors (Lipinski definition) is 4. The van der Waals surface area contributed by atoms with E-state index in [1.54, 1.807) is 18.5 Å². The lowest BCUT2D eigenvalue weighted by Crippen LogP contribution is -2.57. The number of aromatic nitrogens is 2. The van der Waals surface area contributed by atoms with Crippen molar-refractivity contribution in [3.05, 3.63) is 23.9 Å². The molecule has 7 heteroatoms. The zero-order chi connectivity index (χ0) is 17.6. The summed E-state index contributed by atoms with van der Waals surface area (Å²) in [5, 5.41) is 5.22. The molecule has 0 radical (unpaired) electrons. The van der Waals surface area contributed by atoms with Gasteiger partial charge in [-0.3, -0.25) is 4.68 Å². The SMILES string of the molecule is CC(C)c1ccc(OC2CN(S(=O)(=O)C(C)C)C2)c2nn(C)cc12. The summed E-state index contributed by atoms with van der Waals surface area (Å²) in [6.07, 6.45) is 1.89. The van der Waals surface area contributed by atoms with Crippen LogP contribution in [0.5, 0.6) is 5.75 Å². The van der Waals surface area contributed by atoms with Crippen LogP contribution >= 0.6 is 0 Å². The maximum Gasteiger partial charge on any atom is 0.216 e. The summed E-state index contributed by atoms with van der Waals surface area (Å²) in [5.74, 6) is 1.13. The number of hydrogen-bond donors (Lipinski definition) is 0. The van der Waals surface area contributed by atoms with Crippen LogP contribution in [0.3, 0.4) is 0 Å². The highest BCUT2D eigenvalue weighted by molar-refractivity contribution is 7.89. The van der Waals surface area contributed by atoms with Gasteiger partial charge in [-0.05, 0) is 31.4 Å². The molecule has 0 aliphatic carbocycles. The third kappa shape index (κ3) is 2.91. The van der Waals surface area contributed by atoms with Gasteiger partial charge in [-0.25, -0.2) is 8.42 Å². The molecule has 1 aliphatic heterocycles. The van der Waals surface area contributed by atoms with Crippen LogP contribution in [-0.4, -0.2) is 46.9 Å². The zero-order valence-electron chi connectivity index (χ0n) is 14.9. The van der Waals surface area contributed by atoms with E-state index in [9.17, 15) is 8.42 Å². The van der Waals surface area contributed by atoms with Crippen molar-refractivity contribution in [1.82, 2.24) is 14.1 Å². The van der Waals surface area contributed by atoms with Crippen LogP contribution in [0.2, 0.25) is 0 Å². The number of aryl methyl sites for hydroxylation is 1. The summed E-state index contributed by atoms with van der Waals surface area (Å²) in [7, 11) is -1.29. The molecular formula is C17H25N3O3S. The molecule has 0 amide bonds. The van der Waals surface area contributed by atoms with Crippen molar-refractivity contribution in [3.63, 3.8) is 0 Å². The van der Waals surface area contributed by atoms with Crippen LogP contribution in [0, 0.1) is 0 Å². The standard InChI is InChI=1S/C17H25N3O3S/c1-11(2)14-6-7-16(17-15(14)10-19(5)18-17)23-13-8-20(9-13)24(21,22)12(3)4/h6-7,10-13H,8-9H2,1-5H3. The summed E-state index contributed by atoms with van der Waals surface area (Å²) in [6, 6.07) is 4.02. The largest absolute Gasteiger partial charge is 0.485 e. The Labute approximate surface area is 143 Å². The number of fused-ring (bicyclic) bond motifs is 1. The van der Waals surface area contributed by atoms with E-state index in [0.717, 1.165) is 16.7 Å². The molecule has 0 atom stereocenters. The Morgan fingerprint density at radius 3 is 2.46 bits per heavy atom. The first kappa shape index (κ1) is 17.2. The maximum atomic E-state index is 12.1. The fraction of sp³-hybridized carbons (Fsp3) is 0.588. The summed E-state index contributed by atoms with van der Waals surface area (Å²) >= 11 is 0. The Morgan fingerprint density at radius 1 is 1.21 bits per heavy atom. The molecule has 1 fully saturated rings. The van der Waals surface area contributed by atoms with Crippen molar-refractivity contribution in [2.45, 2.75) is 45.0 Å². The van der Waals surface area contributed by atoms with Gasteiger partial charge in [0.05, 0.1) is 18.3 Å². The number of sulfonamides is 1. The second-order valence-electron chi connectivity index (χ2n) is 7.02. The van der Waals surface area contributed by atoms with Gasteiger partial charge in [0.25, 0.3) is 0 Å². The van der Waals surface area contributed by atoms with Crippen molar-refractivity contribution in [2.75, 3.05) is 13.1 Å². The fourth-order valence-corrected chi connectivity index (χ4v) is 4.32. The molecule has 0 bridgehead atoms. The fourth-order valence-electron chi connectivity index (χ4n) is 2.98. The topological polar surface area (TPSA) is 64.4 Å². The molecule has 6 nitrogen and oxygen atoms in total. The Kier molecular flexibility index (Phi) is 4.34. The number of benzene rings is 1. The molecule has 1 aromatic carbocycles. The lowest BCUT2D eigenvalue weighted by atomic mass is 9.99. The van der Waals surface area contributed by atoms with Crippen LogP contribution in [0.25, 0.3) is 10.9 Å². The summed E-state index contributed by atoms with van der Waals surface area (Å²) in [5.41, 5.74) is 2.08. The first-order valence-corrected chi connectivity index (χ1v) is 9.82. The molecule has 0 unspecified atom stereocenters. The minimum absolute atomic E-state index is 0.117. The van der Waals surface area contributed by atoms with Crippen LogP contribution in [-0.2, 0) is 17.1 Å². The number of rotatable bonds is 5. The highest BCUT2D eigenvalue weighted by Crippen LogP contribution is 2.33. The Morgan fingerprint density at radius 2 is 1.88 bits per heavy atom. The predicted molar refractivity (Wildman–Crippen MR) is 94.8 cm³/mol. The Bertz CT molecular complexity index is 849. The second-order valence-corrected chi connectivity index (χ2v) is 9.51. The lowest BCUT2D eigenvalue weighted by molar-refractivity contribution is 0.0768. The molecule has 2 heterocycles. The third-order valence-corrected chi connectivity index (χ3v) is 6.68. The number of nitrogens with zero attached hydrogens (tertiary/aromatic N) is 3. The van der Waals surface area contributed by atoms with Gasteiger partial charge in [-0.2, -0.15) is 9.40 Å². The first-order valence-electron chi connectivity index (χ1n) is 8.32. The van der Waals surface area contributed by atoms with Crippen LogP contribution < -0.4 is 4.74 Å². The van der Waals surface area contributed by atoms with Gasteiger partial charge in [0.1, 0.15) is 17.4 Å². The molecule has 0 saturated carbocycles. The first-order chi connectivity index (χ1) is 11.2. The molecule has 1 aliphatic rings. The van der Waals surface area contributed by atoms with Gasteiger partial charge in [-0.15, -0.1) is 0 Å². The quantitative estimate of drug-likeness (QED) is 0.830. The van der Waals surface area contributed by atoms with Crippen molar-refractivity contribution in [1.29, 1.82) is 0 Å². The molecule has 3 rings (SSSR count). The smallest absolute Gasteiger partial charge is 0.216 e.